The normalized spacial score (nSPS) is 16.0. The molecule has 1 aromatic heterocycles. The molecule has 3 aromatic rings. The fraction of sp³-hybridized carbons (Fsp3) is 0.481. The molecule has 0 aliphatic carbocycles. The third-order valence-electron chi connectivity index (χ3n) is 6.52. The van der Waals surface area contributed by atoms with Crippen molar-refractivity contribution in [2.75, 3.05) is 58.6 Å². The van der Waals surface area contributed by atoms with Crippen molar-refractivity contribution in [3.8, 4) is 0 Å². The molecule has 11 heteroatoms. The fourth-order valence-electron chi connectivity index (χ4n) is 4.53. The molecule has 1 unspecified atom stereocenters. The number of carbonyl (C=O) groups excluding carboxylic acids is 1. The van der Waals surface area contributed by atoms with Crippen molar-refractivity contribution in [3.63, 3.8) is 0 Å². The highest BCUT2D eigenvalue weighted by Crippen LogP contribution is 2.33. The third kappa shape index (κ3) is 6.41. The molecule has 1 atom stereocenters. The van der Waals surface area contributed by atoms with E-state index in [4.69, 9.17) is 19.2 Å². The smallest absolute Gasteiger partial charge is 0.260 e. The Morgan fingerprint density at radius 1 is 1.11 bits per heavy atom. The minimum absolute atomic E-state index is 0.0661. The van der Waals surface area contributed by atoms with Gasteiger partial charge in [0.25, 0.3) is 5.91 Å². The van der Waals surface area contributed by atoms with E-state index in [-0.39, 0.29) is 43.2 Å². The van der Waals surface area contributed by atoms with Crippen LogP contribution in [-0.4, -0.2) is 83.4 Å². The van der Waals surface area contributed by atoms with Crippen LogP contribution >= 0.6 is 11.3 Å². The van der Waals surface area contributed by atoms with Crippen LogP contribution in [0.15, 0.2) is 41.3 Å². The number of amides is 1. The van der Waals surface area contributed by atoms with Gasteiger partial charge in [0.15, 0.2) is 5.13 Å². The number of thiazole rings is 1. The van der Waals surface area contributed by atoms with E-state index in [1.54, 1.807) is 17.0 Å². The molecule has 0 N–H and O–H groups in total. The largest absolute Gasteiger partial charge is 0.383 e. The van der Waals surface area contributed by atoms with Crippen molar-refractivity contribution in [3.05, 3.63) is 53.1 Å². The number of aryl methyl sites for hydroxylation is 2. The van der Waals surface area contributed by atoms with Crippen LogP contribution in [0.2, 0.25) is 0 Å². The van der Waals surface area contributed by atoms with Crippen molar-refractivity contribution < 1.29 is 27.4 Å². The van der Waals surface area contributed by atoms with Crippen LogP contribution < -0.4 is 4.90 Å². The minimum Gasteiger partial charge on any atom is -0.383 e. The Kier molecular flexibility index (Phi) is 9.50. The van der Waals surface area contributed by atoms with E-state index in [1.807, 2.05) is 19.9 Å². The Morgan fingerprint density at radius 3 is 2.39 bits per heavy atom. The summed E-state index contributed by atoms with van der Waals surface area (Å²) in [5, 5.41) is 0.608. The zero-order valence-corrected chi connectivity index (χ0v) is 23.9. The SMILES string of the molecule is COCCN(CCOC)S(=O)(=O)c1ccc(C(=O)N(CC2CCCO2)c2nc3cc(C)cc(C)c3s2)cc1. The number of methoxy groups -OCH3 is 2. The number of nitrogens with zero attached hydrogens (tertiary/aromatic N) is 3. The average molecular weight is 562 g/mol. The van der Waals surface area contributed by atoms with Gasteiger partial charge in [0.05, 0.1) is 41.0 Å². The second kappa shape index (κ2) is 12.6. The number of sulfonamides is 1. The maximum absolute atomic E-state index is 13.8. The van der Waals surface area contributed by atoms with Crippen molar-refractivity contribution in [1.29, 1.82) is 0 Å². The number of hydrogen-bond donors (Lipinski definition) is 0. The van der Waals surface area contributed by atoms with E-state index in [9.17, 15) is 13.2 Å². The molecule has 1 aliphatic rings. The number of fused-ring (bicyclic) bond motifs is 1. The maximum atomic E-state index is 13.8. The molecule has 206 valence electrons. The second-order valence-corrected chi connectivity index (χ2v) is 12.3. The molecule has 0 bridgehead atoms. The van der Waals surface area contributed by atoms with Gasteiger partial charge < -0.3 is 14.2 Å². The quantitative estimate of drug-likeness (QED) is 0.329. The van der Waals surface area contributed by atoms with Crippen molar-refractivity contribution in [2.45, 2.75) is 37.7 Å². The zero-order valence-electron chi connectivity index (χ0n) is 22.3. The van der Waals surface area contributed by atoms with E-state index in [0.717, 1.165) is 34.2 Å². The Bertz CT molecular complexity index is 1340. The van der Waals surface area contributed by atoms with Crippen molar-refractivity contribution >= 4 is 42.6 Å². The summed E-state index contributed by atoms with van der Waals surface area (Å²) in [7, 11) is -0.736. The Hall–Kier alpha value is -2.41. The molecule has 1 fully saturated rings. The molecule has 2 aromatic carbocycles. The van der Waals surface area contributed by atoms with Gasteiger partial charge in [-0.15, -0.1) is 0 Å². The highest BCUT2D eigenvalue weighted by Gasteiger charge is 2.29. The summed E-state index contributed by atoms with van der Waals surface area (Å²) in [6, 6.07) is 10.2. The Balaban J connectivity index is 1.63. The Labute approximate surface area is 228 Å². The number of aromatic nitrogens is 1. The van der Waals surface area contributed by atoms with Crippen LogP contribution in [0.25, 0.3) is 10.2 Å². The number of benzene rings is 2. The summed E-state index contributed by atoms with van der Waals surface area (Å²) < 4.78 is 44.9. The molecule has 4 rings (SSSR count). The molecular weight excluding hydrogens is 526 g/mol. The van der Waals surface area contributed by atoms with Crippen LogP contribution in [0.4, 0.5) is 5.13 Å². The molecule has 38 heavy (non-hydrogen) atoms. The summed E-state index contributed by atoms with van der Waals surface area (Å²) in [6.45, 7) is 6.08. The van der Waals surface area contributed by atoms with Gasteiger partial charge in [-0.05, 0) is 68.1 Å². The first kappa shape index (κ1) is 28.6. The highest BCUT2D eigenvalue weighted by molar-refractivity contribution is 7.89. The topological polar surface area (TPSA) is 98.3 Å². The van der Waals surface area contributed by atoms with E-state index >= 15 is 0 Å². The summed E-state index contributed by atoms with van der Waals surface area (Å²) in [6.07, 6.45) is 1.77. The molecular formula is C27H35N3O6S2. The lowest BCUT2D eigenvalue weighted by Crippen LogP contribution is -2.38. The van der Waals surface area contributed by atoms with Gasteiger partial charge in [-0.1, -0.05) is 17.4 Å². The lowest BCUT2D eigenvalue weighted by atomic mass is 10.1. The highest BCUT2D eigenvalue weighted by atomic mass is 32.2. The van der Waals surface area contributed by atoms with Crippen LogP contribution in [0.1, 0.15) is 34.3 Å². The minimum atomic E-state index is -3.79. The molecule has 2 heterocycles. The van der Waals surface area contributed by atoms with E-state index < -0.39 is 10.0 Å². The molecule has 0 radical (unpaired) electrons. The predicted octanol–water partition coefficient (Wildman–Crippen LogP) is 4.02. The maximum Gasteiger partial charge on any atom is 0.260 e. The first-order valence-electron chi connectivity index (χ1n) is 12.6. The first-order valence-corrected chi connectivity index (χ1v) is 14.9. The standard InChI is InChI=1S/C27H35N3O6S2/c1-19-16-20(2)25-24(17-19)28-27(37-25)30(18-22-6-5-13-36-22)26(31)21-7-9-23(10-8-21)38(32,33)29(11-14-34-3)12-15-35-4/h7-10,16-17,22H,5-6,11-15,18H2,1-4H3. The number of anilines is 1. The van der Waals surface area contributed by atoms with Crippen LogP contribution in [-0.2, 0) is 24.2 Å². The van der Waals surface area contributed by atoms with Gasteiger partial charge in [-0.3, -0.25) is 9.69 Å². The van der Waals surface area contributed by atoms with E-state index in [2.05, 4.69) is 6.07 Å². The van der Waals surface area contributed by atoms with Crippen molar-refractivity contribution in [2.24, 2.45) is 0 Å². The summed E-state index contributed by atoms with van der Waals surface area (Å²) in [4.78, 5) is 20.4. The lowest BCUT2D eigenvalue weighted by molar-refractivity contribution is 0.0917. The molecule has 1 aliphatic heterocycles. The molecule has 1 amide bonds. The van der Waals surface area contributed by atoms with E-state index in [1.165, 1.54) is 42.0 Å². The second-order valence-electron chi connectivity index (χ2n) is 9.39. The summed E-state index contributed by atoms with van der Waals surface area (Å²) in [5.74, 6) is -0.242. The average Bonchev–Trinajstić information content (AvgIpc) is 3.57. The Morgan fingerprint density at radius 2 is 1.79 bits per heavy atom. The first-order chi connectivity index (χ1) is 18.2. The number of rotatable bonds is 12. The molecule has 0 saturated carbocycles. The molecule has 9 nitrogen and oxygen atoms in total. The monoisotopic (exact) mass is 561 g/mol. The zero-order chi connectivity index (χ0) is 27.3. The third-order valence-corrected chi connectivity index (χ3v) is 9.67. The lowest BCUT2D eigenvalue weighted by Gasteiger charge is -2.24. The van der Waals surface area contributed by atoms with Gasteiger partial charge in [-0.2, -0.15) is 4.31 Å². The fourth-order valence-corrected chi connectivity index (χ4v) is 6.96. The molecule has 0 spiro atoms. The number of ether oxygens (including phenoxy) is 3. The summed E-state index contributed by atoms with van der Waals surface area (Å²) >= 11 is 1.49. The van der Waals surface area contributed by atoms with Gasteiger partial charge in [0.1, 0.15) is 0 Å². The number of hydrogen-bond acceptors (Lipinski definition) is 8. The van der Waals surface area contributed by atoms with Crippen LogP contribution in [0, 0.1) is 13.8 Å². The van der Waals surface area contributed by atoms with Gasteiger partial charge in [0, 0.05) is 39.5 Å². The number of carbonyl (C=O) groups is 1. The van der Waals surface area contributed by atoms with E-state index in [0.29, 0.717) is 23.8 Å². The molecule has 1 saturated heterocycles. The summed E-state index contributed by atoms with van der Waals surface area (Å²) in [5.41, 5.74) is 3.48. The van der Waals surface area contributed by atoms with Gasteiger partial charge >= 0.3 is 0 Å². The van der Waals surface area contributed by atoms with Gasteiger partial charge in [-0.25, -0.2) is 13.4 Å². The van der Waals surface area contributed by atoms with Crippen LogP contribution in [0.3, 0.4) is 0 Å². The van der Waals surface area contributed by atoms with Gasteiger partial charge in [0.2, 0.25) is 10.0 Å². The van der Waals surface area contributed by atoms with Crippen LogP contribution in [0.5, 0.6) is 0 Å². The van der Waals surface area contributed by atoms with Crippen molar-refractivity contribution in [1.82, 2.24) is 9.29 Å². The predicted molar refractivity (Wildman–Crippen MR) is 149 cm³/mol.